The fourth-order valence-electron chi connectivity index (χ4n) is 2.34. The molecule has 5 heteroatoms. The van der Waals surface area contributed by atoms with Crippen molar-refractivity contribution in [3.8, 4) is 5.75 Å². The van der Waals surface area contributed by atoms with Gasteiger partial charge in [-0.2, -0.15) is 0 Å². The van der Waals surface area contributed by atoms with Crippen LogP contribution in [-0.2, 0) is 9.59 Å². The number of nitrogens with one attached hydrogen (secondary N) is 1. The Morgan fingerprint density at radius 3 is 2.48 bits per heavy atom. The number of benzene rings is 1. The summed E-state index contributed by atoms with van der Waals surface area (Å²) < 4.78 is 5.63. The second-order valence-corrected chi connectivity index (χ2v) is 5.47. The van der Waals surface area contributed by atoms with Crippen molar-refractivity contribution in [2.45, 2.75) is 39.2 Å². The highest BCUT2D eigenvalue weighted by Gasteiger charge is 2.24. The molecule has 1 aliphatic heterocycles. The number of hydrogen-bond acceptors (Lipinski definition) is 3. The summed E-state index contributed by atoms with van der Waals surface area (Å²) >= 11 is 0. The zero-order valence-corrected chi connectivity index (χ0v) is 12.6. The second-order valence-electron chi connectivity index (χ2n) is 5.47. The largest absolute Gasteiger partial charge is 0.489 e. The first-order valence-electron chi connectivity index (χ1n) is 7.44. The Kier molecular flexibility index (Phi) is 5.20. The maximum atomic E-state index is 12.1. The van der Waals surface area contributed by atoms with E-state index in [1.165, 1.54) is 0 Å². The molecule has 1 N–H and O–H groups in total. The number of anilines is 1. The number of ether oxygens (including phenoxy) is 1. The van der Waals surface area contributed by atoms with Crippen molar-refractivity contribution in [2.24, 2.45) is 0 Å². The van der Waals surface area contributed by atoms with Gasteiger partial charge < -0.3 is 15.0 Å². The Morgan fingerprint density at radius 1 is 1.14 bits per heavy atom. The lowest BCUT2D eigenvalue weighted by Gasteiger charge is -2.26. The molecule has 2 amide bonds. The number of carbonyl (C=O) groups is 2. The molecule has 0 aliphatic carbocycles. The SMILES string of the molecule is CC(C)Oc1ccccc1NC(=O)C(=O)N1CCCCC1. The van der Waals surface area contributed by atoms with E-state index in [2.05, 4.69) is 5.32 Å². The van der Waals surface area contributed by atoms with E-state index in [0.29, 0.717) is 24.5 Å². The molecular weight excluding hydrogens is 268 g/mol. The van der Waals surface area contributed by atoms with Crippen LogP contribution in [0.3, 0.4) is 0 Å². The number of piperidine rings is 1. The standard InChI is InChI=1S/C16H22N2O3/c1-12(2)21-14-9-5-4-8-13(14)17-15(19)16(20)18-10-6-3-7-11-18/h4-5,8-9,12H,3,6-7,10-11H2,1-2H3,(H,17,19). The lowest BCUT2D eigenvalue weighted by Crippen LogP contribution is -2.42. The highest BCUT2D eigenvalue weighted by Crippen LogP contribution is 2.25. The van der Waals surface area contributed by atoms with Gasteiger partial charge in [0, 0.05) is 13.1 Å². The van der Waals surface area contributed by atoms with Crippen molar-refractivity contribution in [2.75, 3.05) is 18.4 Å². The Balaban J connectivity index is 2.03. The zero-order chi connectivity index (χ0) is 15.2. The maximum absolute atomic E-state index is 12.1. The van der Waals surface area contributed by atoms with E-state index in [0.717, 1.165) is 19.3 Å². The lowest BCUT2D eigenvalue weighted by atomic mass is 10.1. The number of amides is 2. The summed E-state index contributed by atoms with van der Waals surface area (Å²) in [5.74, 6) is -0.488. The van der Waals surface area contributed by atoms with Crippen molar-refractivity contribution in [1.82, 2.24) is 4.90 Å². The van der Waals surface area contributed by atoms with Gasteiger partial charge in [-0.15, -0.1) is 0 Å². The minimum Gasteiger partial charge on any atom is -0.489 e. The molecular formula is C16H22N2O3. The van der Waals surface area contributed by atoms with Gasteiger partial charge in [0.1, 0.15) is 5.75 Å². The van der Waals surface area contributed by atoms with Gasteiger partial charge in [0.15, 0.2) is 0 Å². The van der Waals surface area contributed by atoms with Crippen LogP contribution in [-0.4, -0.2) is 35.9 Å². The van der Waals surface area contributed by atoms with Gasteiger partial charge in [-0.1, -0.05) is 12.1 Å². The Morgan fingerprint density at radius 2 is 1.81 bits per heavy atom. The molecule has 2 rings (SSSR count). The van der Waals surface area contributed by atoms with Crippen LogP contribution >= 0.6 is 0 Å². The van der Waals surface area contributed by atoms with Gasteiger partial charge in [-0.3, -0.25) is 9.59 Å². The molecule has 114 valence electrons. The van der Waals surface area contributed by atoms with Crippen LogP contribution in [0.4, 0.5) is 5.69 Å². The third-order valence-corrected chi connectivity index (χ3v) is 3.34. The van der Waals surface area contributed by atoms with E-state index in [4.69, 9.17) is 4.74 Å². The van der Waals surface area contributed by atoms with E-state index in [-0.39, 0.29) is 6.10 Å². The van der Waals surface area contributed by atoms with Crippen LogP contribution in [0.25, 0.3) is 0 Å². The molecule has 1 heterocycles. The summed E-state index contributed by atoms with van der Waals surface area (Å²) in [4.78, 5) is 25.8. The van der Waals surface area contributed by atoms with Crippen molar-refractivity contribution >= 4 is 17.5 Å². The van der Waals surface area contributed by atoms with E-state index in [1.807, 2.05) is 19.9 Å². The summed E-state index contributed by atoms with van der Waals surface area (Å²) in [7, 11) is 0. The predicted octanol–water partition coefficient (Wildman–Crippen LogP) is 2.42. The van der Waals surface area contributed by atoms with Crippen molar-refractivity contribution < 1.29 is 14.3 Å². The third-order valence-electron chi connectivity index (χ3n) is 3.34. The van der Waals surface area contributed by atoms with Gasteiger partial charge in [-0.05, 0) is 45.2 Å². The van der Waals surface area contributed by atoms with Crippen molar-refractivity contribution in [1.29, 1.82) is 0 Å². The van der Waals surface area contributed by atoms with Crippen LogP contribution in [0.2, 0.25) is 0 Å². The zero-order valence-electron chi connectivity index (χ0n) is 12.6. The van der Waals surface area contributed by atoms with E-state index >= 15 is 0 Å². The average molecular weight is 290 g/mol. The second kappa shape index (κ2) is 7.11. The molecule has 1 aromatic carbocycles. The van der Waals surface area contributed by atoms with Crippen molar-refractivity contribution in [3.05, 3.63) is 24.3 Å². The highest BCUT2D eigenvalue weighted by molar-refractivity contribution is 6.39. The Hall–Kier alpha value is -2.04. The highest BCUT2D eigenvalue weighted by atomic mass is 16.5. The molecule has 0 atom stereocenters. The van der Waals surface area contributed by atoms with Crippen LogP contribution in [0.5, 0.6) is 5.75 Å². The fourth-order valence-corrected chi connectivity index (χ4v) is 2.34. The Labute approximate surface area is 125 Å². The number of para-hydroxylation sites is 2. The minimum atomic E-state index is -0.600. The maximum Gasteiger partial charge on any atom is 0.314 e. The molecule has 21 heavy (non-hydrogen) atoms. The summed E-state index contributed by atoms with van der Waals surface area (Å²) in [6.07, 6.45) is 3.05. The monoisotopic (exact) mass is 290 g/mol. The third kappa shape index (κ3) is 4.21. The van der Waals surface area contributed by atoms with Gasteiger partial charge >= 0.3 is 11.8 Å². The summed E-state index contributed by atoms with van der Waals surface area (Å²) in [5.41, 5.74) is 0.529. The molecule has 1 saturated heterocycles. The first-order chi connectivity index (χ1) is 10.1. The van der Waals surface area contributed by atoms with E-state index in [1.54, 1.807) is 23.1 Å². The number of nitrogens with zero attached hydrogens (tertiary/aromatic N) is 1. The van der Waals surface area contributed by atoms with Crippen LogP contribution < -0.4 is 10.1 Å². The summed E-state index contributed by atoms with van der Waals surface area (Å²) in [6.45, 7) is 5.15. The number of rotatable bonds is 3. The average Bonchev–Trinajstić information content (AvgIpc) is 2.49. The smallest absolute Gasteiger partial charge is 0.314 e. The summed E-state index contributed by atoms with van der Waals surface area (Å²) in [6, 6.07) is 7.15. The molecule has 0 aromatic heterocycles. The molecule has 0 spiro atoms. The molecule has 1 aliphatic rings. The van der Waals surface area contributed by atoms with Gasteiger partial charge in [0.25, 0.3) is 0 Å². The molecule has 5 nitrogen and oxygen atoms in total. The molecule has 0 radical (unpaired) electrons. The molecule has 0 saturated carbocycles. The van der Waals surface area contributed by atoms with Crippen LogP contribution in [0.1, 0.15) is 33.1 Å². The predicted molar refractivity (Wildman–Crippen MR) is 81.3 cm³/mol. The lowest BCUT2D eigenvalue weighted by molar-refractivity contribution is -0.143. The topological polar surface area (TPSA) is 58.6 Å². The Bertz CT molecular complexity index is 508. The quantitative estimate of drug-likeness (QED) is 0.870. The molecule has 0 unspecified atom stereocenters. The van der Waals surface area contributed by atoms with Gasteiger partial charge in [-0.25, -0.2) is 0 Å². The first kappa shape index (κ1) is 15.4. The fraction of sp³-hybridized carbons (Fsp3) is 0.500. The van der Waals surface area contributed by atoms with Gasteiger partial charge in [0.05, 0.1) is 11.8 Å². The van der Waals surface area contributed by atoms with E-state index in [9.17, 15) is 9.59 Å². The van der Waals surface area contributed by atoms with Crippen LogP contribution in [0.15, 0.2) is 24.3 Å². The normalized spacial score (nSPS) is 14.9. The summed E-state index contributed by atoms with van der Waals surface area (Å²) in [5, 5.41) is 2.66. The first-order valence-corrected chi connectivity index (χ1v) is 7.44. The molecule has 1 aromatic rings. The van der Waals surface area contributed by atoms with Crippen LogP contribution in [0, 0.1) is 0 Å². The minimum absolute atomic E-state index is 0.000785. The van der Waals surface area contributed by atoms with Gasteiger partial charge in [0.2, 0.25) is 0 Å². The number of likely N-dealkylation sites (tertiary alicyclic amines) is 1. The van der Waals surface area contributed by atoms with E-state index < -0.39 is 11.8 Å². The van der Waals surface area contributed by atoms with Crippen molar-refractivity contribution in [3.63, 3.8) is 0 Å². The number of hydrogen-bond donors (Lipinski definition) is 1. The number of carbonyl (C=O) groups excluding carboxylic acids is 2. The molecule has 1 fully saturated rings. The molecule has 0 bridgehead atoms.